The number of anilines is 1. The van der Waals surface area contributed by atoms with E-state index >= 15 is 0 Å². The van der Waals surface area contributed by atoms with Gasteiger partial charge in [0, 0.05) is 17.2 Å². The van der Waals surface area contributed by atoms with Gasteiger partial charge >= 0.3 is 0 Å². The number of aliphatic imine (C=N–C) groups is 1. The summed E-state index contributed by atoms with van der Waals surface area (Å²) in [4.78, 5) is 8.65. The van der Waals surface area contributed by atoms with E-state index in [9.17, 15) is 0 Å². The van der Waals surface area contributed by atoms with E-state index in [0.717, 1.165) is 12.0 Å². The summed E-state index contributed by atoms with van der Waals surface area (Å²) < 4.78 is 0. The first-order chi connectivity index (χ1) is 7.53. The van der Waals surface area contributed by atoms with Crippen LogP contribution >= 0.6 is 24.0 Å². The molecule has 1 aliphatic rings. The maximum atomic E-state index is 8.92. The van der Waals surface area contributed by atoms with Crippen LogP contribution < -0.4 is 10.6 Å². The van der Waals surface area contributed by atoms with Crippen LogP contribution in [0.3, 0.4) is 0 Å². The molecule has 17 heavy (non-hydrogen) atoms. The SMILES string of the molecule is CCC1(C)C=Nc2c(Cl)cc(N)c(OO)c21.Cl. The van der Waals surface area contributed by atoms with Crippen molar-refractivity contribution in [2.45, 2.75) is 25.7 Å². The van der Waals surface area contributed by atoms with Crippen molar-refractivity contribution in [2.24, 2.45) is 4.99 Å². The van der Waals surface area contributed by atoms with Crippen molar-refractivity contribution in [1.82, 2.24) is 0 Å². The number of halogens is 2. The first-order valence-electron chi connectivity index (χ1n) is 5.02. The van der Waals surface area contributed by atoms with Gasteiger partial charge in [-0.2, -0.15) is 0 Å². The summed E-state index contributed by atoms with van der Waals surface area (Å²) in [6.07, 6.45) is 2.63. The smallest absolute Gasteiger partial charge is 0.194 e. The minimum absolute atomic E-state index is 0. The Morgan fingerprint density at radius 1 is 1.59 bits per heavy atom. The molecule has 3 N–H and O–H groups in total. The van der Waals surface area contributed by atoms with Crippen LogP contribution in [0, 0.1) is 0 Å². The van der Waals surface area contributed by atoms with E-state index in [1.54, 1.807) is 0 Å². The number of nitrogens with two attached hydrogens (primary N) is 1. The molecule has 0 aromatic heterocycles. The van der Waals surface area contributed by atoms with E-state index in [1.807, 2.05) is 20.1 Å². The molecule has 4 nitrogen and oxygen atoms in total. The van der Waals surface area contributed by atoms with Gasteiger partial charge < -0.3 is 10.6 Å². The Kier molecular flexibility index (Phi) is 3.91. The highest BCUT2D eigenvalue weighted by Crippen LogP contribution is 2.50. The van der Waals surface area contributed by atoms with E-state index in [0.29, 0.717) is 16.4 Å². The molecule has 2 rings (SSSR count). The summed E-state index contributed by atoms with van der Waals surface area (Å²) in [5.41, 5.74) is 7.15. The lowest BCUT2D eigenvalue weighted by Gasteiger charge is -2.22. The molecule has 1 aliphatic heterocycles. The molecule has 94 valence electrons. The van der Waals surface area contributed by atoms with Crippen molar-refractivity contribution in [3.63, 3.8) is 0 Å². The molecule has 1 atom stereocenters. The highest BCUT2D eigenvalue weighted by Gasteiger charge is 2.36. The lowest BCUT2D eigenvalue weighted by molar-refractivity contribution is -0.137. The monoisotopic (exact) mass is 276 g/mol. The molecule has 1 unspecified atom stereocenters. The molecule has 0 bridgehead atoms. The highest BCUT2D eigenvalue weighted by atomic mass is 35.5. The fraction of sp³-hybridized carbons (Fsp3) is 0.364. The normalized spacial score (nSPS) is 20.9. The van der Waals surface area contributed by atoms with Gasteiger partial charge in [0.2, 0.25) is 0 Å². The van der Waals surface area contributed by atoms with Gasteiger partial charge in [-0.15, -0.1) is 12.4 Å². The second kappa shape index (κ2) is 4.72. The Morgan fingerprint density at radius 3 is 2.76 bits per heavy atom. The average molecular weight is 277 g/mol. The quantitative estimate of drug-likeness (QED) is 0.493. The predicted octanol–water partition coefficient (Wildman–Crippen LogP) is 3.58. The molecule has 0 saturated carbocycles. The van der Waals surface area contributed by atoms with Crippen LogP contribution in [-0.2, 0) is 5.41 Å². The fourth-order valence-corrected chi connectivity index (χ4v) is 2.20. The van der Waals surface area contributed by atoms with Crippen LogP contribution in [0.4, 0.5) is 11.4 Å². The van der Waals surface area contributed by atoms with Crippen LogP contribution in [0.15, 0.2) is 11.1 Å². The number of nitrogens with zero attached hydrogens (tertiary/aromatic N) is 1. The summed E-state index contributed by atoms with van der Waals surface area (Å²) in [5.74, 6) is 0.251. The fourth-order valence-electron chi connectivity index (χ4n) is 1.94. The van der Waals surface area contributed by atoms with Gasteiger partial charge in [-0.25, -0.2) is 5.26 Å². The summed E-state index contributed by atoms with van der Waals surface area (Å²) in [5, 5.41) is 9.40. The summed E-state index contributed by atoms with van der Waals surface area (Å²) >= 11 is 6.06. The third-order valence-corrected chi connectivity index (χ3v) is 3.40. The zero-order valence-corrected chi connectivity index (χ0v) is 11.1. The summed E-state index contributed by atoms with van der Waals surface area (Å²) in [6, 6.07) is 1.53. The molecule has 1 heterocycles. The maximum Gasteiger partial charge on any atom is 0.194 e. The number of nitrogen functional groups attached to an aromatic ring is 1. The van der Waals surface area contributed by atoms with Crippen molar-refractivity contribution in [3.05, 3.63) is 16.7 Å². The topological polar surface area (TPSA) is 67.8 Å². The third-order valence-electron chi connectivity index (χ3n) is 3.11. The Bertz CT molecular complexity index is 477. The molecule has 1 aromatic rings. The summed E-state index contributed by atoms with van der Waals surface area (Å²) in [7, 11) is 0. The lowest BCUT2D eigenvalue weighted by atomic mass is 9.81. The maximum absolute atomic E-state index is 8.92. The van der Waals surface area contributed by atoms with Gasteiger partial charge in [0.25, 0.3) is 0 Å². The molecule has 1 aromatic carbocycles. The van der Waals surface area contributed by atoms with Crippen LogP contribution in [0.5, 0.6) is 5.75 Å². The van der Waals surface area contributed by atoms with Gasteiger partial charge in [0.1, 0.15) is 0 Å². The van der Waals surface area contributed by atoms with E-state index in [2.05, 4.69) is 9.88 Å². The molecule has 0 amide bonds. The lowest BCUT2D eigenvalue weighted by Crippen LogP contribution is -2.20. The molecule has 0 aliphatic carbocycles. The predicted molar refractivity (Wildman–Crippen MR) is 72.2 cm³/mol. The van der Waals surface area contributed by atoms with Crippen LogP contribution in [0.25, 0.3) is 0 Å². The third kappa shape index (κ3) is 1.97. The average Bonchev–Trinajstić information content (AvgIpc) is 2.59. The van der Waals surface area contributed by atoms with E-state index in [-0.39, 0.29) is 23.6 Å². The Hall–Kier alpha value is -0.970. The van der Waals surface area contributed by atoms with Gasteiger partial charge in [-0.3, -0.25) is 4.99 Å². The van der Waals surface area contributed by atoms with Crippen LogP contribution in [-0.4, -0.2) is 11.5 Å². The zero-order valence-electron chi connectivity index (χ0n) is 9.53. The van der Waals surface area contributed by atoms with Crippen molar-refractivity contribution in [1.29, 1.82) is 0 Å². The highest BCUT2D eigenvalue weighted by molar-refractivity contribution is 6.34. The number of rotatable bonds is 2. The Labute approximate surface area is 111 Å². The van der Waals surface area contributed by atoms with Gasteiger partial charge in [-0.1, -0.05) is 25.4 Å². The molecular weight excluding hydrogens is 263 g/mol. The molecule has 0 saturated heterocycles. The molecule has 0 radical (unpaired) electrons. The van der Waals surface area contributed by atoms with Crippen molar-refractivity contribution < 1.29 is 10.1 Å². The van der Waals surface area contributed by atoms with E-state index in [4.69, 9.17) is 22.6 Å². The van der Waals surface area contributed by atoms with Crippen LogP contribution in [0.1, 0.15) is 25.8 Å². The Morgan fingerprint density at radius 2 is 2.24 bits per heavy atom. The Balaban J connectivity index is 0.00000144. The van der Waals surface area contributed by atoms with Crippen molar-refractivity contribution in [3.8, 4) is 5.75 Å². The van der Waals surface area contributed by atoms with E-state index < -0.39 is 0 Å². The van der Waals surface area contributed by atoms with E-state index in [1.165, 1.54) is 6.07 Å². The largest absolute Gasteiger partial charge is 0.396 e. The minimum Gasteiger partial charge on any atom is -0.396 e. The first-order valence-corrected chi connectivity index (χ1v) is 5.40. The minimum atomic E-state index is -0.299. The van der Waals surface area contributed by atoms with Gasteiger partial charge in [-0.05, 0) is 12.5 Å². The zero-order chi connectivity index (χ0) is 11.9. The molecule has 0 fully saturated rings. The second-order valence-electron chi connectivity index (χ2n) is 4.12. The molecule has 6 heteroatoms. The number of benzene rings is 1. The molecule has 0 spiro atoms. The van der Waals surface area contributed by atoms with Gasteiger partial charge in [0.05, 0.1) is 16.4 Å². The van der Waals surface area contributed by atoms with Crippen molar-refractivity contribution >= 4 is 41.6 Å². The van der Waals surface area contributed by atoms with Gasteiger partial charge in [0.15, 0.2) is 5.75 Å². The molecular formula is C11H14Cl2N2O2. The standard InChI is InChI=1S/C11H13ClN2O2.ClH/c1-3-11(2)5-14-9-6(12)4-7(13)10(16-15)8(9)11;/h4-5,15H,3,13H2,1-2H3;1H. The number of hydrogen-bond acceptors (Lipinski definition) is 4. The van der Waals surface area contributed by atoms with Crippen LogP contribution in [0.2, 0.25) is 5.02 Å². The number of fused-ring (bicyclic) bond motifs is 1. The van der Waals surface area contributed by atoms with Crippen molar-refractivity contribution in [2.75, 3.05) is 5.73 Å². The second-order valence-corrected chi connectivity index (χ2v) is 4.53. The summed E-state index contributed by atoms with van der Waals surface area (Å²) in [6.45, 7) is 4.03. The first kappa shape index (κ1) is 14.1. The number of hydrogen-bond donors (Lipinski definition) is 2.